The van der Waals surface area contributed by atoms with E-state index in [-0.39, 0.29) is 51.2 Å². The van der Waals surface area contributed by atoms with Gasteiger partial charge in [0.25, 0.3) is 0 Å². The number of nitrogens with one attached hydrogen (secondary N) is 1. The molecule has 0 saturated carbocycles. The van der Waals surface area contributed by atoms with Gasteiger partial charge in [0.2, 0.25) is 17.7 Å². The zero-order valence-electron chi connectivity index (χ0n) is 28.1. The second-order valence-electron chi connectivity index (χ2n) is 13.1. The lowest BCUT2D eigenvalue weighted by molar-refractivity contribution is -0.149. The van der Waals surface area contributed by atoms with Gasteiger partial charge in [0, 0.05) is 26.1 Å². The van der Waals surface area contributed by atoms with Gasteiger partial charge in [0.15, 0.2) is 0 Å². The molecule has 3 aromatic rings. The Labute approximate surface area is 290 Å². The highest BCUT2D eigenvalue weighted by Crippen LogP contribution is 2.58. The predicted molar refractivity (Wildman–Crippen MR) is 183 cm³/mol. The molecule has 3 aliphatic heterocycles. The quantitative estimate of drug-likeness (QED) is 0.124. The molecule has 6 rings (SSSR count). The lowest BCUT2D eigenvalue weighted by atomic mass is 9.70. The van der Waals surface area contributed by atoms with E-state index in [1.54, 1.807) is 26.6 Å². The van der Waals surface area contributed by atoms with E-state index in [4.69, 9.17) is 9.47 Å². The number of carbonyl (C=O) groups is 4. The molecule has 2 aromatic carbocycles. The van der Waals surface area contributed by atoms with Crippen molar-refractivity contribution in [1.29, 1.82) is 0 Å². The molecule has 4 heterocycles. The first kappa shape index (κ1) is 35.0. The summed E-state index contributed by atoms with van der Waals surface area (Å²) in [7, 11) is 0. The Morgan fingerprint density at radius 1 is 1.12 bits per heavy atom. The van der Waals surface area contributed by atoms with Crippen molar-refractivity contribution in [2.75, 3.05) is 26.3 Å². The van der Waals surface area contributed by atoms with Gasteiger partial charge >= 0.3 is 5.97 Å². The van der Waals surface area contributed by atoms with Crippen molar-refractivity contribution in [1.82, 2.24) is 30.1 Å². The molecule has 0 radical (unpaired) electrons. The van der Waals surface area contributed by atoms with Crippen LogP contribution in [-0.2, 0) is 35.3 Å². The number of aliphatic hydroxyl groups is 1. The Morgan fingerprint density at radius 2 is 1.90 bits per heavy atom. The van der Waals surface area contributed by atoms with Crippen LogP contribution in [0.2, 0.25) is 0 Å². The van der Waals surface area contributed by atoms with E-state index in [0.29, 0.717) is 37.6 Å². The van der Waals surface area contributed by atoms with E-state index >= 15 is 0 Å². The number of benzene rings is 2. The Balaban J connectivity index is 1.28. The number of para-hydroxylation sites is 1. The zero-order valence-corrected chi connectivity index (χ0v) is 28.1. The minimum Gasteiger partial charge on any atom is -0.463 e. The molecule has 13 heteroatoms. The summed E-state index contributed by atoms with van der Waals surface area (Å²) >= 11 is 0. The molecular weight excluding hydrogens is 640 g/mol. The Kier molecular flexibility index (Phi) is 10.7. The summed E-state index contributed by atoms with van der Waals surface area (Å²) in [5.74, 6) is -3.21. The molecule has 0 unspecified atom stereocenters. The summed E-state index contributed by atoms with van der Waals surface area (Å²) < 4.78 is 13.8. The Hall–Kier alpha value is -4.88. The number of hydrogen-bond acceptors (Lipinski definition) is 9. The van der Waals surface area contributed by atoms with Gasteiger partial charge in [0.1, 0.15) is 30.4 Å². The monoisotopic (exact) mass is 684 g/mol. The summed E-state index contributed by atoms with van der Waals surface area (Å²) in [5, 5.41) is 21.1. The van der Waals surface area contributed by atoms with Crippen LogP contribution in [0, 0.1) is 11.8 Å². The van der Waals surface area contributed by atoms with Crippen LogP contribution >= 0.6 is 0 Å². The largest absolute Gasteiger partial charge is 0.463 e. The van der Waals surface area contributed by atoms with Crippen molar-refractivity contribution in [2.24, 2.45) is 11.8 Å². The number of amides is 3. The van der Waals surface area contributed by atoms with Gasteiger partial charge in [0.05, 0.1) is 29.5 Å². The number of likely N-dealkylation sites (tertiary alicyclic amines) is 1. The minimum atomic E-state index is -1.22. The fourth-order valence-electron chi connectivity index (χ4n) is 7.74. The molecule has 3 amide bonds. The van der Waals surface area contributed by atoms with E-state index in [9.17, 15) is 24.3 Å². The maximum Gasteiger partial charge on any atom is 0.306 e. The van der Waals surface area contributed by atoms with E-state index < -0.39 is 47.5 Å². The normalized spacial score (nSPS) is 24.2. The maximum atomic E-state index is 14.7. The number of fused-ring (bicyclic) bond motifs is 2. The Morgan fingerprint density at radius 3 is 2.66 bits per heavy atom. The number of unbranched alkanes of at least 4 members (excludes halogenated alkanes) is 1. The summed E-state index contributed by atoms with van der Waals surface area (Å²) in [6.45, 7) is 7.84. The van der Waals surface area contributed by atoms with E-state index in [2.05, 4.69) is 28.8 Å². The average Bonchev–Trinajstić information content (AvgIpc) is 3.88. The van der Waals surface area contributed by atoms with Crippen LogP contribution in [0.15, 0.2) is 79.9 Å². The second kappa shape index (κ2) is 15.3. The summed E-state index contributed by atoms with van der Waals surface area (Å²) in [6.07, 6.45) is 5.18. The number of carbonyl (C=O) groups excluding carboxylic acids is 4. The molecule has 2 bridgehead atoms. The highest BCUT2D eigenvalue weighted by atomic mass is 16.5. The number of ether oxygens (including phenoxy) is 2. The zero-order chi connectivity index (χ0) is 35.3. The molecule has 3 aliphatic rings. The van der Waals surface area contributed by atoms with Crippen LogP contribution in [0.3, 0.4) is 0 Å². The number of allylic oxidation sites excluding steroid dienone is 1. The lowest BCUT2D eigenvalue weighted by Gasteiger charge is -2.36. The van der Waals surface area contributed by atoms with Crippen molar-refractivity contribution in [3.8, 4) is 0 Å². The number of rotatable bonds is 17. The van der Waals surface area contributed by atoms with E-state index in [0.717, 1.165) is 11.1 Å². The summed E-state index contributed by atoms with van der Waals surface area (Å²) in [4.78, 5) is 58.9. The van der Waals surface area contributed by atoms with Gasteiger partial charge in [-0.25, -0.2) is 4.68 Å². The van der Waals surface area contributed by atoms with Crippen molar-refractivity contribution in [2.45, 2.75) is 69.0 Å². The molecule has 6 atom stereocenters. The van der Waals surface area contributed by atoms with Gasteiger partial charge < -0.3 is 29.7 Å². The smallest absolute Gasteiger partial charge is 0.306 e. The van der Waals surface area contributed by atoms with Gasteiger partial charge in [-0.1, -0.05) is 59.8 Å². The first-order valence-corrected chi connectivity index (χ1v) is 17.2. The van der Waals surface area contributed by atoms with Crippen molar-refractivity contribution < 1.29 is 33.8 Å². The van der Waals surface area contributed by atoms with Crippen LogP contribution in [0.4, 0.5) is 0 Å². The number of nitrogens with zero attached hydrogens (tertiary/aromatic N) is 5. The average molecular weight is 685 g/mol. The van der Waals surface area contributed by atoms with Crippen LogP contribution in [-0.4, -0.2) is 97.6 Å². The molecule has 2 N–H and O–H groups in total. The molecule has 3 saturated heterocycles. The van der Waals surface area contributed by atoms with Crippen molar-refractivity contribution >= 4 is 34.7 Å². The third-order valence-corrected chi connectivity index (χ3v) is 10.0. The standard InChI is InChI=1S/C37H44N6O7/c1-3-5-17-30(45)49-23-27(25-13-7-6-8-14-25)38-34(46)31-29-18-19-37(50-29)32(31)35(47)42(21-11-12-22-44)33(37)36(48)41(20-4-2)24-43-28-16-10-9-15-26(28)39-40-43/h3-4,6-10,13-16,27,29,31-33,44H,1-2,5,11-12,17-24H2,(H,38,46)/t27-,29+,31-,32-,33+,37-/m1/s1. The van der Waals surface area contributed by atoms with Crippen LogP contribution in [0.25, 0.3) is 11.0 Å². The van der Waals surface area contributed by atoms with Crippen molar-refractivity contribution in [3.63, 3.8) is 0 Å². The van der Waals surface area contributed by atoms with Gasteiger partial charge in [-0.2, -0.15) is 0 Å². The molecular formula is C37H44N6O7. The minimum absolute atomic E-state index is 0.0557. The summed E-state index contributed by atoms with van der Waals surface area (Å²) in [5.41, 5.74) is 0.962. The summed E-state index contributed by atoms with van der Waals surface area (Å²) in [6, 6.07) is 15.0. The number of esters is 1. The first-order chi connectivity index (χ1) is 24.3. The van der Waals surface area contributed by atoms with E-state index in [1.807, 2.05) is 54.6 Å². The Bertz CT molecular complexity index is 1730. The molecule has 1 spiro atoms. The SMILES string of the molecule is C=CCCC(=O)OC[C@@H](NC(=O)[C@@H]1[C@@H]2CC[C@]3(O2)[C@H](C(=O)N(CC=C)Cn2nnc4ccccc42)N(CCCCO)C(=O)[C@@H]13)c1ccccc1. The molecule has 264 valence electrons. The molecule has 50 heavy (non-hydrogen) atoms. The second-order valence-corrected chi connectivity index (χ2v) is 13.1. The fourth-order valence-corrected chi connectivity index (χ4v) is 7.74. The molecule has 3 fully saturated rings. The van der Waals surface area contributed by atoms with Crippen LogP contribution in [0.5, 0.6) is 0 Å². The third-order valence-electron chi connectivity index (χ3n) is 10.0. The van der Waals surface area contributed by atoms with Gasteiger partial charge in [-0.3, -0.25) is 19.2 Å². The number of aliphatic hydroxyl groups excluding tert-OH is 1. The van der Waals surface area contributed by atoms with Crippen molar-refractivity contribution in [3.05, 3.63) is 85.5 Å². The highest BCUT2D eigenvalue weighted by molar-refractivity contribution is 5.99. The third kappa shape index (κ3) is 6.67. The van der Waals surface area contributed by atoms with Crippen LogP contribution < -0.4 is 5.32 Å². The van der Waals surface area contributed by atoms with Gasteiger partial charge in [-0.15, -0.1) is 18.3 Å². The maximum absolute atomic E-state index is 14.7. The molecule has 0 aliphatic carbocycles. The molecule has 13 nitrogen and oxygen atoms in total. The van der Waals surface area contributed by atoms with Gasteiger partial charge in [-0.05, 0) is 49.8 Å². The highest BCUT2D eigenvalue weighted by Gasteiger charge is 2.74. The fraction of sp³-hybridized carbons (Fsp3) is 0.459. The molecule has 1 aromatic heterocycles. The lowest BCUT2D eigenvalue weighted by Crippen LogP contribution is -2.56. The predicted octanol–water partition coefficient (Wildman–Crippen LogP) is 2.92. The van der Waals surface area contributed by atoms with E-state index in [1.165, 1.54) is 0 Å². The topological polar surface area (TPSA) is 156 Å². The number of hydrogen-bond donors (Lipinski definition) is 2. The van der Waals surface area contributed by atoms with Crippen LogP contribution in [0.1, 0.15) is 50.1 Å². The number of aromatic nitrogens is 3. The first-order valence-electron chi connectivity index (χ1n) is 17.2.